The van der Waals surface area contributed by atoms with Crippen LogP contribution in [0.1, 0.15) is 37.5 Å². The number of rotatable bonds is 7. The van der Waals surface area contributed by atoms with Gasteiger partial charge in [0, 0.05) is 16.8 Å². The second-order valence-corrected chi connectivity index (χ2v) is 10.9. The fraction of sp³-hybridized carbons (Fsp3) is 0.0571. The van der Waals surface area contributed by atoms with Gasteiger partial charge < -0.3 is 14.3 Å². The summed E-state index contributed by atoms with van der Waals surface area (Å²) in [7, 11) is 0. The predicted molar refractivity (Wildman–Crippen MR) is 169 cm³/mol. The molecule has 5 aromatic rings. The lowest BCUT2D eigenvalue weighted by atomic mass is 10.1. The Bertz CT molecular complexity index is 2090. The number of hydrogen-bond acceptors (Lipinski definition) is 7. The third kappa shape index (κ3) is 4.89. The molecular weight excluding hydrogens is 576 g/mol. The van der Waals surface area contributed by atoms with E-state index in [1.54, 1.807) is 18.2 Å². The van der Waals surface area contributed by atoms with Crippen molar-refractivity contribution in [3.05, 3.63) is 125 Å². The highest BCUT2D eigenvalue weighted by Gasteiger charge is 2.39. The summed E-state index contributed by atoms with van der Waals surface area (Å²) in [6.07, 6.45) is 6.41. The number of carbonyl (C=O) groups excluding carboxylic acids is 2. The maximum Gasteiger partial charge on any atom is 0.335 e. The molecule has 2 heterocycles. The minimum Gasteiger partial charge on any atom is -0.487 e. The zero-order chi connectivity index (χ0) is 30.4. The Kier molecular flexibility index (Phi) is 6.71. The maximum absolute atomic E-state index is 13.6. The average molecular weight is 599 g/mol. The third-order valence-electron chi connectivity index (χ3n) is 7.47. The molecule has 2 aliphatic rings. The Morgan fingerprint density at radius 3 is 2.50 bits per heavy atom. The Balaban J connectivity index is 1.29. The number of aromatic carboxylic acids is 1. The third-order valence-corrected chi connectivity index (χ3v) is 7.75. The lowest BCUT2D eigenvalue weighted by Gasteiger charge is -2.20. The van der Waals surface area contributed by atoms with Crippen LogP contribution in [0.4, 0.5) is 5.69 Å². The molecule has 214 valence electrons. The van der Waals surface area contributed by atoms with E-state index in [1.165, 1.54) is 18.2 Å². The number of imide groups is 1. The summed E-state index contributed by atoms with van der Waals surface area (Å²) in [6.45, 7) is 0.153. The van der Waals surface area contributed by atoms with Crippen LogP contribution in [0, 0.1) is 0 Å². The molecule has 1 N–H and O–H groups in total. The number of allylic oxidation sites excluding steroid dienone is 2. The fourth-order valence-electron chi connectivity index (χ4n) is 5.29. The molecule has 0 saturated carbocycles. The number of amides is 2. The van der Waals surface area contributed by atoms with E-state index >= 15 is 0 Å². The molecule has 44 heavy (non-hydrogen) atoms. The zero-order valence-corrected chi connectivity index (χ0v) is 23.8. The summed E-state index contributed by atoms with van der Waals surface area (Å²) in [5.74, 6) is -1.87. The summed E-state index contributed by atoms with van der Waals surface area (Å²) in [5.41, 5.74) is 4.82. The van der Waals surface area contributed by atoms with E-state index in [1.807, 2.05) is 66.8 Å². The lowest BCUT2D eigenvalue weighted by molar-refractivity contribution is 0.0696. The smallest absolute Gasteiger partial charge is 0.335 e. The minimum atomic E-state index is -1.20. The van der Waals surface area contributed by atoms with E-state index in [2.05, 4.69) is 0 Å². The summed E-state index contributed by atoms with van der Waals surface area (Å²) in [5, 5.41) is 9.44. The van der Waals surface area contributed by atoms with Gasteiger partial charge in [-0.3, -0.25) is 9.59 Å². The highest BCUT2D eigenvalue weighted by atomic mass is 32.1. The van der Waals surface area contributed by atoms with Gasteiger partial charge in [-0.2, -0.15) is 0 Å². The van der Waals surface area contributed by atoms with Crippen molar-refractivity contribution in [1.82, 2.24) is 4.98 Å². The van der Waals surface area contributed by atoms with Gasteiger partial charge in [-0.05, 0) is 71.3 Å². The molecule has 0 fully saturated rings. The second-order valence-electron chi connectivity index (χ2n) is 10.3. The van der Waals surface area contributed by atoms with Crippen LogP contribution in [-0.2, 0) is 0 Å². The molecule has 1 aliphatic carbocycles. The van der Waals surface area contributed by atoms with Crippen molar-refractivity contribution in [3.63, 3.8) is 0 Å². The Hall–Kier alpha value is -5.67. The van der Waals surface area contributed by atoms with E-state index in [0.29, 0.717) is 29.0 Å². The highest BCUT2D eigenvalue weighted by Crippen LogP contribution is 2.39. The summed E-state index contributed by atoms with van der Waals surface area (Å²) < 4.78 is 12.2. The number of aromatic nitrogens is 1. The van der Waals surface area contributed by atoms with E-state index in [-0.39, 0.29) is 34.7 Å². The highest BCUT2D eigenvalue weighted by molar-refractivity contribution is 7.80. The molecule has 1 aromatic heterocycles. The topological polar surface area (TPSA) is 110 Å². The molecule has 8 nitrogen and oxygen atoms in total. The van der Waals surface area contributed by atoms with E-state index in [4.69, 9.17) is 26.4 Å². The van der Waals surface area contributed by atoms with Crippen molar-refractivity contribution >= 4 is 51.7 Å². The standard InChI is InChI=1S/C35H22N2O6S/c38-33-26-12-9-24(35(40)41)16-27(26)34(39)37(33)29-18-23(11-14-31(29)42-19-20-5-4-8-25(44)15-20)32-36-28-17-22(10-13-30(28)43-32)21-6-2-1-3-7-21/h1-7,9-18H,8,19H2,(H,40,41). The van der Waals surface area contributed by atoms with Crippen LogP contribution in [0.2, 0.25) is 0 Å². The molecule has 4 aromatic carbocycles. The first-order chi connectivity index (χ1) is 21.4. The van der Waals surface area contributed by atoms with Crippen LogP contribution in [0.15, 0.2) is 113 Å². The number of carboxylic acid groups (broad SMARTS) is 1. The van der Waals surface area contributed by atoms with Crippen LogP contribution in [0.5, 0.6) is 5.75 Å². The minimum absolute atomic E-state index is 0.00447. The molecule has 9 heteroatoms. The van der Waals surface area contributed by atoms with Crippen LogP contribution in [0.25, 0.3) is 33.7 Å². The molecule has 7 rings (SSSR count). The largest absolute Gasteiger partial charge is 0.487 e. The van der Waals surface area contributed by atoms with Gasteiger partial charge in [0.15, 0.2) is 5.58 Å². The van der Waals surface area contributed by atoms with Gasteiger partial charge in [0.1, 0.15) is 17.9 Å². The number of thiocarbonyl (C=S) groups is 1. The number of benzene rings is 4. The van der Waals surface area contributed by atoms with Gasteiger partial charge in [-0.1, -0.05) is 60.8 Å². The van der Waals surface area contributed by atoms with Gasteiger partial charge in [-0.15, -0.1) is 0 Å². The molecule has 1 aliphatic heterocycles. The summed E-state index contributed by atoms with van der Waals surface area (Å²) in [6, 6.07) is 24.6. The van der Waals surface area contributed by atoms with E-state index in [9.17, 15) is 19.5 Å². The number of hydrogen-bond donors (Lipinski definition) is 1. The second kappa shape index (κ2) is 10.9. The molecule has 0 saturated heterocycles. The van der Waals surface area contributed by atoms with Gasteiger partial charge in [-0.25, -0.2) is 14.7 Å². The normalized spacial score (nSPS) is 14.2. The van der Waals surface area contributed by atoms with E-state index < -0.39 is 17.8 Å². The first-order valence-corrected chi connectivity index (χ1v) is 14.2. The molecule has 0 bridgehead atoms. The maximum atomic E-state index is 13.6. The number of anilines is 1. The molecule has 0 radical (unpaired) electrons. The van der Waals surface area contributed by atoms with Crippen LogP contribution < -0.4 is 9.64 Å². The van der Waals surface area contributed by atoms with Crippen molar-refractivity contribution in [3.8, 4) is 28.3 Å². The molecular formula is C35H22N2O6S. The molecule has 2 amide bonds. The number of carbonyl (C=O) groups is 3. The number of nitrogens with zero attached hydrogens (tertiary/aromatic N) is 2. The monoisotopic (exact) mass is 598 g/mol. The fourth-order valence-corrected chi connectivity index (χ4v) is 5.54. The first-order valence-electron chi connectivity index (χ1n) is 13.7. The summed E-state index contributed by atoms with van der Waals surface area (Å²) in [4.78, 5) is 45.2. The molecule has 0 unspecified atom stereocenters. The van der Waals surface area contributed by atoms with Crippen molar-refractivity contribution in [2.45, 2.75) is 6.42 Å². The van der Waals surface area contributed by atoms with Gasteiger partial charge >= 0.3 is 5.97 Å². The molecule has 0 atom stereocenters. The van der Waals surface area contributed by atoms with Crippen molar-refractivity contribution in [2.75, 3.05) is 11.5 Å². The quantitative estimate of drug-likeness (QED) is 0.154. The lowest BCUT2D eigenvalue weighted by Crippen LogP contribution is -2.30. The molecule has 0 spiro atoms. The predicted octanol–water partition coefficient (Wildman–Crippen LogP) is 7.30. The Morgan fingerprint density at radius 1 is 0.909 bits per heavy atom. The zero-order valence-electron chi connectivity index (χ0n) is 23.0. The number of ether oxygens (including phenoxy) is 1. The van der Waals surface area contributed by atoms with Crippen LogP contribution in [0.3, 0.4) is 0 Å². The van der Waals surface area contributed by atoms with Crippen LogP contribution in [-0.4, -0.2) is 39.3 Å². The SMILES string of the molecule is O=C(O)c1ccc2c(c1)C(=O)N(c1cc(-c3nc4cc(-c5ccccc5)ccc4o3)ccc1OCC1=CC(=S)CC=C1)C2=O. The van der Waals surface area contributed by atoms with Gasteiger partial charge in [0.2, 0.25) is 5.89 Å². The van der Waals surface area contributed by atoms with Gasteiger partial charge in [0.05, 0.1) is 22.4 Å². The number of fused-ring (bicyclic) bond motifs is 2. The number of carboxylic acids is 1. The van der Waals surface area contributed by atoms with Crippen molar-refractivity contribution < 1.29 is 28.6 Å². The number of oxazole rings is 1. The average Bonchev–Trinajstić information content (AvgIpc) is 3.58. The first kappa shape index (κ1) is 27.2. The van der Waals surface area contributed by atoms with Gasteiger partial charge in [0.25, 0.3) is 11.8 Å². The van der Waals surface area contributed by atoms with Crippen molar-refractivity contribution in [2.24, 2.45) is 0 Å². The Morgan fingerprint density at radius 2 is 1.70 bits per heavy atom. The van der Waals surface area contributed by atoms with Crippen LogP contribution >= 0.6 is 12.2 Å². The Labute approximate surface area is 256 Å². The van der Waals surface area contributed by atoms with Crippen molar-refractivity contribution in [1.29, 1.82) is 0 Å². The van der Waals surface area contributed by atoms with E-state index in [0.717, 1.165) is 26.5 Å². The summed E-state index contributed by atoms with van der Waals surface area (Å²) >= 11 is 5.32.